The number of rotatable bonds is 3. The van der Waals surface area contributed by atoms with Gasteiger partial charge in [-0.05, 0) is 36.6 Å². The number of hydrogen-bond acceptors (Lipinski definition) is 5. The Morgan fingerprint density at radius 3 is 2.74 bits per heavy atom. The molecule has 0 bridgehead atoms. The molecule has 0 radical (unpaired) electrons. The minimum atomic E-state index is -4.70. The Labute approximate surface area is 128 Å². The van der Waals surface area contributed by atoms with E-state index < -0.39 is 18.0 Å². The number of nitrogens with two attached hydrogens (primary N) is 1. The first-order valence-electron chi connectivity index (χ1n) is 6.92. The molecule has 23 heavy (non-hydrogen) atoms. The summed E-state index contributed by atoms with van der Waals surface area (Å²) in [6.45, 7) is 1.47. The molecule has 1 amide bonds. The second-order valence-electron chi connectivity index (χ2n) is 5.28. The fourth-order valence-electron chi connectivity index (χ4n) is 2.64. The van der Waals surface area contributed by atoms with E-state index in [1.54, 1.807) is 6.07 Å². The molecule has 3 rings (SSSR count). The van der Waals surface area contributed by atoms with Gasteiger partial charge in [-0.25, -0.2) is 0 Å². The highest BCUT2D eigenvalue weighted by molar-refractivity contribution is 5.95. The number of nitrogens with one attached hydrogen (secondary N) is 1. The van der Waals surface area contributed by atoms with Gasteiger partial charge in [0.15, 0.2) is 0 Å². The molecule has 2 aromatic rings. The third-order valence-electron chi connectivity index (χ3n) is 3.74. The van der Waals surface area contributed by atoms with Crippen LogP contribution in [0.4, 0.5) is 13.2 Å². The summed E-state index contributed by atoms with van der Waals surface area (Å²) >= 11 is 0. The molecule has 1 unspecified atom stereocenters. The number of carbonyl (C=O) groups excluding carboxylic acids is 1. The van der Waals surface area contributed by atoms with Crippen molar-refractivity contribution in [3.05, 3.63) is 35.2 Å². The van der Waals surface area contributed by atoms with Crippen molar-refractivity contribution in [2.24, 2.45) is 5.73 Å². The van der Waals surface area contributed by atoms with Crippen molar-refractivity contribution < 1.29 is 22.5 Å². The van der Waals surface area contributed by atoms with Gasteiger partial charge in [-0.1, -0.05) is 11.2 Å². The fourth-order valence-corrected chi connectivity index (χ4v) is 2.64. The molecule has 1 aliphatic heterocycles. The topological polar surface area (TPSA) is 94.0 Å². The summed E-state index contributed by atoms with van der Waals surface area (Å²) in [5.41, 5.74) is 6.75. The maximum Gasteiger partial charge on any atom is 0.471 e. The van der Waals surface area contributed by atoms with Crippen molar-refractivity contribution in [2.45, 2.75) is 18.5 Å². The standard InChI is InChI=1S/C14H13F3N4O2/c15-14(16,17)13-20-12(21-23-13)7-1-2-9(11(18)22)10(5-7)8-3-4-19-6-8/h1-2,5,8,19H,3-4,6H2,(H2,18,22). The third kappa shape index (κ3) is 3.04. The third-order valence-corrected chi connectivity index (χ3v) is 3.74. The second kappa shape index (κ2) is 5.65. The molecule has 3 N–H and O–H groups in total. The Balaban J connectivity index is 2.02. The lowest BCUT2D eigenvalue weighted by atomic mass is 9.91. The maximum atomic E-state index is 12.5. The Bertz CT molecular complexity index is 736. The molecule has 0 aliphatic carbocycles. The average molecular weight is 326 g/mol. The van der Waals surface area contributed by atoms with Gasteiger partial charge in [0, 0.05) is 17.7 Å². The molecule has 0 spiro atoms. The molecular formula is C14H13F3N4O2. The summed E-state index contributed by atoms with van der Waals surface area (Å²) in [5, 5.41) is 6.53. The molecule has 1 aromatic carbocycles. The zero-order chi connectivity index (χ0) is 16.6. The van der Waals surface area contributed by atoms with E-state index >= 15 is 0 Å². The van der Waals surface area contributed by atoms with Crippen LogP contribution in [0.15, 0.2) is 22.7 Å². The number of hydrogen-bond donors (Lipinski definition) is 2. The first-order chi connectivity index (χ1) is 10.9. The summed E-state index contributed by atoms with van der Waals surface area (Å²) in [7, 11) is 0. The van der Waals surface area contributed by atoms with Crippen molar-refractivity contribution in [3.8, 4) is 11.4 Å². The van der Waals surface area contributed by atoms with Gasteiger partial charge < -0.3 is 15.6 Å². The van der Waals surface area contributed by atoms with Gasteiger partial charge >= 0.3 is 12.1 Å². The van der Waals surface area contributed by atoms with E-state index in [2.05, 4.69) is 20.0 Å². The van der Waals surface area contributed by atoms with E-state index in [0.29, 0.717) is 23.2 Å². The molecule has 0 saturated carbocycles. The predicted molar refractivity (Wildman–Crippen MR) is 73.5 cm³/mol. The number of alkyl halides is 3. The quantitative estimate of drug-likeness (QED) is 0.899. The molecule has 1 aliphatic rings. The van der Waals surface area contributed by atoms with Crippen molar-refractivity contribution in [1.29, 1.82) is 0 Å². The summed E-state index contributed by atoms with van der Waals surface area (Å²) in [6, 6.07) is 4.54. The molecule has 1 fully saturated rings. The van der Waals surface area contributed by atoms with Crippen LogP contribution < -0.4 is 11.1 Å². The highest BCUT2D eigenvalue weighted by Crippen LogP contribution is 2.32. The van der Waals surface area contributed by atoms with Gasteiger partial charge in [0.25, 0.3) is 0 Å². The number of nitrogens with zero attached hydrogens (tertiary/aromatic N) is 2. The van der Waals surface area contributed by atoms with E-state index in [-0.39, 0.29) is 11.7 Å². The summed E-state index contributed by atoms with van der Waals surface area (Å²) in [5.74, 6) is -2.11. The molecule has 122 valence electrons. The van der Waals surface area contributed by atoms with Gasteiger partial charge in [0.1, 0.15) is 0 Å². The Morgan fingerprint density at radius 1 is 1.39 bits per heavy atom. The van der Waals surface area contributed by atoms with E-state index in [4.69, 9.17) is 5.73 Å². The molecule has 9 heteroatoms. The van der Waals surface area contributed by atoms with Gasteiger partial charge in [-0.2, -0.15) is 18.2 Å². The summed E-state index contributed by atoms with van der Waals surface area (Å²) < 4.78 is 41.9. The van der Waals surface area contributed by atoms with Crippen molar-refractivity contribution in [1.82, 2.24) is 15.5 Å². The minimum Gasteiger partial charge on any atom is -0.366 e. The second-order valence-corrected chi connectivity index (χ2v) is 5.28. The van der Waals surface area contributed by atoms with Crippen LogP contribution in [0.3, 0.4) is 0 Å². The Hall–Kier alpha value is -2.42. The molecular weight excluding hydrogens is 313 g/mol. The summed E-state index contributed by atoms with van der Waals surface area (Å²) in [4.78, 5) is 14.9. The lowest BCUT2D eigenvalue weighted by molar-refractivity contribution is -0.159. The normalized spacial score (nSPS) is 18.3. The number of halogens is 3. The summed E-state index contributed by atoms with van der Waals surface area (Å²) in [6.07, 6.45) is -3.89. The van der Waals surface area contributed by atoms with Crippen LogP contribution in [0.1, 0.15) is 34.2 Å². The van der Waals surface area contributed by atoms with Gasteiger partial charge in [-0.15, -0.1) is 0 Å². The lowest BCUT2D eigenvalue weighted by Crippen LogP contribution is -2.17. The van der Waals surface area contributed by atoms with Crippen LogP contribution in [-0.4, -0.2) is 29.1 Å². The van der Waals surface area contributed by atoms with Gasteiger partial charge in [0.2, 0.25) is 11.7 Å². The highest BCUT2D eigenvalue weighted by atomic mass is 19.4. The van der Waals surface area contributed by atoms with E-state index in [1.807, 2.05) is 0 Å². The van der Waals surface area contributed by atoms with E-state index in [0.717, 1.165) is 13.0 Å². The molecule has 1 atom stereocenters. The number of aromatic nitrogens is 2. The lowest BCUT2D eigenvalue weighted by Gasteiger charge is -2.13. The zero-order valence-electron chi connectivity index (χ0n) is 11.9. The first kappa shape index (κ1) is 15.5. The largest absolute Gasteiger partial charge is 0.471 e. The zero-order valence-corrected chi connectivity index (χ0v) is 11.9. The number of amides is 1. The molecule has 2 heterocycles. The number of primary amides is 1. The minimum absolute atomic E-state index is 0.0615. The fraction of sp³-hybridized carbons (Fsp3) is 0.357. The van der Waals surface area contributed by atoms with Crippen LogP contribution in [0.5, 0.6) is 0 Å². The van der Waals surface area contributed by atoms with Crippen LogP contribution in [0, 0.1) is 0 Å². The number of benzene rings is 1. The van der Waals surface area contributed by atoms with E-state index in [9.17, 15) is 18.0 Å². The molecule has 1 aromatic heterocycles. The highest BCUT2D eigenvalue weighted by Gasteiger charge is 2.38. The smallest absolute Gasteiger partial charge is 0.366 e. The van der Waals surface area contributed by atoms with E-state index in [1.165, 1.54) is 12.1 Å². The van der Waals surface area contributed by atoms with Crippen molar-refractivity contribution in [3.63, 3.8) is 0 Å². The first-order valence-corrected chi connectivity index (χ1v) is 6.92. The Morgan fingerprint density at radius 2 is 2.17 bits per heavy atom. The van der Waals surface area contributed by atoms with Crippen LogP contribution in [-0.2, 0) is 6.18 Å². The predicted octanol–water partition coefficient (Wildman–Crippen LogP) is 1.93. The van der Waals surface area contributed by atoms with Gasteiger partial charge in [0.05, 0.1) is 0 Å². The van der Waals surface area contributed by atoms with Crippen LogP contribution in [0.2, 0.25) is 0 Å². The van der Waals surface area contributed by atoms with Crippen molar-refractivity contribution in [2.75, 3.05) is 13.1 Å². The average Bonchev–Trinajstić information content (AvgIpc) is 3.17. The van der Waals surface area contributed by atoms with Crippen LogP contribution >= 0.6 is 0 Å². The van der Waals surface area contributed by atoms with Gasteiger partial charge in [-0.3, -0.25) is 4.79 Å². The number of carbonyl (C=O) groups is 1. The maximum absolute atomic E-state index is 12.5. The molecule has 6 nitrogen and oxygen atoms in total. The Kier molecular flexibility index (Phi) is 3.80. The SMILES string of the molecule is NC(=O)c1ccc(-c2noc(C(F)(F)F)n2)cc1C1CCNC1. The van der Waals surface area contributed by atoms with Crippen LogP contribution in [0.25, 0.3) is 11.4 Å². The molecule has 1 saturated heterocycles. The van der Waals surface area contributed by atoms with Crippen molar-refractivity contribution >= 4 is 5.91 Å². The monoisotopic (exact) mass is 326 g/mol.